The van der Waals surface area contributed by atoms with Crippen LogP contribution in [0, 0.1) is 21.8 Å². The van der Waals surface area contributed by atoms with Crippen molar-refractivity contribution in [2.24, 2.45) is 5.92 Å². The quantitative estimate of drug-likeness (QED) is 0.390. The van der Waals surface area contributed by atoms with Gasteiger partial charge in [-0.1, -0.05) is 0 Å². The number of nitrogens with zero attached hydrogens (tertiary/aromatic N) is 3. The highest BCUT2D eigenvalue weighted by atomic mass is 19.4. The number of alkyl halides is 3. The Bertz CT molecular complexity index is 1150. The van der Waals surface area contributed by atoms with E-state index in [4.69, 9.17) is 0 Å². The summed E-state index contributed by atoms with van der Waals surface area (Å²) in [5.41, 5.74) is -1.18. The summed E-state index contributed by atoms with van der Waals surface area (Å²) in [6, 6.07) is 6.13. The molecule has 2 amide bonds. The van der Waals surface area contributed by atoms with E-state index in [1.54, 1.807) is 0 Å². The third-order valence-electron chi connectivity index (χ3n) is 5.96. The van der Waals surface area contributed by atoms with Crippen LogP contribution in [0.15, 0.2) is 36.4 Å². The SMILES string of the molecule is O=C(Nc1cc(C(F)(F)F)ccc1N1CCCC1)C1CC(=O)N(c2ccc(F)c([N+](=O)[O-])c2)C1. The van der Waals surface area contributed by atoms with Crippen molar-refractivity contribution in [1.29, 1.82) is 0 Å². The van der Waals surface area contributed by atoms with Crippen molar-refractivity contribution in [3.05, 3.63) is 57.9 Å². The first-order valence-electron chi connectivity index (χ1n) is 10.6. The Labute approximate surface area is 191 Å². The lowest BCUT2D eigenvalue weighted by molar-refractivity contribution is -0.387. The van der Waals surface area contributed by atoms with Crippen LogP contribution in [0.4, 0.5) is 40.3 Å². The maximum Gasteiger partial charge on any atom is 0.416 e. The number of amides is 2. The monoisotopic (exact) mass is 480 g/mol. The van der Waals surface area contributed by atoms with Crippen LogP contribution < -0.4 is 15.1 Å². The van der Waals surface area contributed by atoms with Crippen molar-refractivity contribution in [2.75, 3.05) is 34.8 Å². The summed E-state index contributed by atoms with van der Waals surface area (Å²) < 4.78 is 53.5. The van der Waals surface area contributed by atoms with Gasteiger partial charge < -0.3 is 15.1 Å². The molecular weight excluding hydrogens is 460 g/mol. The second kappa shape index (κ2) is 8.92. The van der Waals surface area contributed by atoms with Gasteiger partial charge in [0.2, 0.25) is 17.6 Å². The summed E-state index contributed by atoms with van der Waals surface area (Å²) in [6.45, 7) is 1.14. The average molecular weight is 480 g/mol. The van der Waals surface area contributed by atoms with Crippen molar-refractivity contribution in [2.45, 2.75) is 25.4 Å². The number of benzene rings is 2. The third kappa shape index (κ3) is 4.66. The lowest BCUT2D eigenvalue weighted by Gasteiger charge is -2.23. The van der Waals surface area contributed by atoms with Crippen LogP contribution in [0.5, 0.6) is 0 Å². The maximum absolute atomic E-state index is 13.6. The Morgan fingerprint density at radius 1 is 1.12 bits per heavy atom. The molecule has 1 atom stereocenters. The molecule has 2 heterocycles. The van der Waals surface area contributed by atoms with Gasteiger partial charge >= 0.3 is 11.9 Å². The van der Waals surface area contributed by atoms with E-state index < -0.39 is 45.9 Å². The van der Waals surface area contributed by atoms with Crippen LogP contribution >= 0.6 is 0 Å². The first-order valence-corrected chi connectivity index (χ1v) is 10.6. The van der Waals surface area contributed by atoms with Crippen LogP contribution in [0.25, 0.3) is 0 Å². The van der Waals surface area contributed by atoms with Crippen molar-refractivity contribution in [3.63, 3.8) is 0 Å². The predicted molar refractivity (Wildman–Crippen MR) is 115 cm³/mol. The molecule has 2 saturated heterocycles. The summed E-state index contributed by atoms with van der Waals surface area (Å²) in [7, 11) is 0. The molecule has 12 heteroatoms. The van der Waals surface area contributed by atoms with Gasteiger partial charge in [0, 0.05) is 32.1 Å². The van der Waals surface area contributed by atoms with E-state index >= 15 is 0 Å². The molecule has 8 nitrogen and oxygen atoms in total. The number of halogens is 4. The number of carbonyl (C=O) groups is 2. The molecule has 0 aromatic heterocycles. The van der Waals surface area contributed by atoms with Gasteiger partial charge in [0.1, 0.15) is 0 Å². The Balaban J connectivity index is 1.56. The van der Waals surface area contributed by atoms with Gasteiger partial charge in [-0.25, -0.2) is 0 Å². The molecule has 4 rings (SSSR count). The van der Waals surface area contributed by atoms with E-state index in [2.05, 4.69) is 5.32 Å². The van der Waals surface area contributed by atoms with E-state index in [9.17, 15) is 37.3 Å². The van der Waals surface area contributed by atoms with E-state index in [-0.39, 0.29) is 24.3 Å². The van der Waals surface area contributed by atoms with Gasteiger partial charge in [-0.3, -0.25) is 19.7 Å². The number of rotatable bonds is 5. The molecule has 0 radical (unpaired) electrons. The zero-order valence-electron chi connectivity index (χ0n) is 17.8. The molecule has 0 bridgehead atoms. The second-order valence-electron chi connectivity index (χ2n) is 8.21. The Kier molecular flexibility index (Phi) is 6.15. The fraction of sp³-hybridized carbons (Fsp3) is 0.364. The highest BCUT2D eigenvalue weighted by Crippen LogP contribution is 2.37. The molecule has 1 unspecified atom stereocenters. The molecule has 1 N–H and O–H groups in total. The van der Waals surface area contributed by atoms with Crippen LogP contribution in [-0.2, 0) is 15.8 Å². The fourth-order valence-corrected chi connectivity index (χ4v) is 4.22. The topological polar surface area (TPSA) is 95.8 Å². The normalized spacial score (nSPS) is 18.5. The molecule has 2 aliphatic rings. The fourth-order valence-electron chi connectivity index (χ4n) is 4.22. The number of carbonyl (C=O) groups excluding carboxylic acids is 2. The van der Waals surface area contributed by atoms with E-state index in [1.165, 1.54) is 12.1 Å². The Hall–Kier alpha value is -3.70. The molecule has 0 saturated carbocycles. The van der Waals surface area contributed by atoms with Gasteiger partial charge in [0.15, 0.2) is 0 Å². The number of nitro benzene ring substituents is 1. The van der Waals surface area contributed by atoms with Gasteiger partial charge in [-0.05, 0) is 43.2 Å². The zero-order chi connectivity index (χ0) is 24.6. The minimum Gasteiger partial charge on any atom is -0.370 e. The molecule has 0 aliphatic carbocycles. The summed E-state index contributed by atoms with van der Waals surface area (Å²) in [5, 5.41) is 13.5. The standard InChI is InChI=1S/C22H20F4N4O4/c23-16-5-4-15(11-19(16)30(33)34)29-12-13(9-20(29)31)21(32)27-17-10-14(22(24,25)26)3-6-18(17)28-7-1-2-8-28/h3-6,10-11,13H,1-2,7-9,12H2,(H,27,32). The minimum atomic E-state index is -4.60. The summed E-state index contributed by atoms with van der Waals surface area (Å²) in [4.78, 5) is 38.5. The summed E-state index contributed by atoms with van der Waals surface area (Å²) >= 11 is 0. The molecule has 34 heavy (non-hydrogen) atoms. The predicted octanol–water partition coefficient (Wildman–Crippen LogP) is 4.34. The zero-order valence-corrected chi connectivity index (χ0v) is 17.8. The second-order valence-corrected chi connectivity index (χ2v) is 8.21. The van der Waals surface area contributed by atoms with Crippen molar-refractivity contribution in [3.8, 4) is 0 Å². The Morgan fingerprint density at radius 3 is 2.47 bits per heavy atom. The third-order valence-corrected chi connectivity index (χ3v) is 5.96. The number of nitro groups is 1. The number of hydrogen-bond donors (Lipinski definition) is 1. The van der Waals surface area contributed by atoms with E-state index in [0.29, 0.717) is 18.8 Å². The number of hydrogen-bond acceptors (Lipinski definition) is 5. The maximum atomic E-state index is 13.6. The van der Waals surface area contributed by atoms with Crippen molar-refractivity contribution >= 4 is 34.6 Å². The lowest BCUT2D eigenvalue weighted by Crippen LogP contribution is -2.29. The van der Waals surface area contributed by atoms with Gasteiger partial charge in [0.25, 0.3) is 0 Å². The van der Waals surface area contributed by atoms with Crippen LogP contribution in [0.2, 0.25) is 0 Å². The first kappa shape index (κ1) is 23.5. The van der Waals surface area contributed by atoms with Crippen molar-refractivity contribution in [1.82, 2.24) is 0 Å². The molecule has 2 fully saturated rings. The van der Waals surface area contributed by atoms with Gasteiger partial charge in [-0.2, -0.15) is 17.6 Å². The largest absolute Gasteiger partial charge is 0.416 e. The molecule has 180 valence electrons. The van der Waals surface area contributed by atoms with Crippen LogP contribution in [0.3, 0.4) is 0 Å². The number of anilines is 3. The summed E-state index contributed by atoms with van der Waals surface area (Å²) in [6.07, 6.45) is -3.08. The molecule has 2 aliphatic heterocycles. The van der Waals surface area contributed by atoms with Crippen LogP contribution in [-0.4, -0.2) is 36.4 Å². The average Bonchev–Trinajstić information content (AvgIpc) is 3.43. The van der Waals surface area contributed by atoms with E-state index in [0.717, 1.165) is 42.0 Å². The molecule has 0 spiro atoms. The number of nitrogens with one attached hydrogen (secondary N) is 1. The first-order chi connectivity index (χ1) is 16.0. The molecular formula is C22H20F4N4O4. The molecule has 2 aromatic rings. The summed E-state index contributed by atoms with van der Waals surface area (Å²) in [5.74, 6) is -3.12. The van der Waals surface area contributed by atoms with Crippen molar-refractivity contribution < 1.29 is 32.1 Å². The van der Waals surface area contributed by atoms with Gasteiger partial charge in [-0.15, -0.1) is 0 Å². The highest BCUT2D eigenvalue weighted by Gasteiger charge is 2.37. The highest BCUT2D eigenvalue weighted by molar-refractivity contribution is 6.04. The van der Waals surface area contributed by atoms with Gasteiger partial charge in [0.05, 0.1) is 33.5 Å². The lowest BCUT2D eigenvalue weighted by atomic mass is 10.1. The Morgan fingerprint density at radius 2 is 1.82 bits per heavy atom. The smallest absolute Gasteiger partial charge is 0.370 e. The minimum absolute atomic E-state index is 0.00467. The van der Waals surface area contributed by atoms with E-state index in [1.807, 2.05) is 4.90 Å². The van der Waals surface area contributed by atoms with Crippen LogP contribution in [0.1, 0.15) is 24.8 Å². The molecule has 2 aromatic carbocycles.